The highest BCUT2D eigenvalue weighted by molar-refractivity contribution is 9.10. The van der Waals surface area contributed by atoms with Crippen LogP contribution in [0.2, 0.25) is 0 Å². The van der Waals surface area contributed by atoms with Crippen molar-refractivity contribution >= 4 is 22.2 Å². The summed E-state index contributed by atoms with van der Waals surface area (Å²) in [5, 5.41) is 0. The van der Waals surface area contributed by atoms with Gasteiger partial charge in [-0.15, -0.1) is 0 Å². The van der Waals surface area contributed by atoms with Gasteiger partial charge in [0.05, 0.1) is 17.1 Å². The van der Waals surface area contributed by atoms with Crippen molar-refractivity contribution in [3.05, 3.63) is 57.6 Å². The molecule has 0 unspecified atom stereocenters. The Labute approximate surface area is 126 Å². The summed E-state index contributed by atoms with van der Waals surface area (Å²) in [6.45, 7) is 2.34. The molecule has 0 aliphatic carbocycles. The number of methoxy groups -OCH3 is 1. The number of rotatable bonds is 5. The van der Waals surface area contributed by atoms with Gasteiger partial charge in [0.25, 0.3) is 0 Å². The number of halogens is 1. The van der Waals surface area contributed by atoms with E-state index in [9.17, 15) is 4.79 Å². The monoisotopic (exact) mass is 334 g/mol. The Hall–Kier alpha value is -1.81. The topological polar surface area (TPSA) is 35.5 Å². The maximum absolute atomic E-state index is 11.0. The normalized spacial score (nSPS) is 10.2. The van der Waals surface area contributed by atoms with Crippen LogP contribution in [0.5, 0.6) is 11.5 Å². The van der Waals surface area contributed by atoms with Crippen molar-refractivity contribution in [3.8, 4) is 11.5 Å². The minimum Gasteiger partial charge on any atom is -0.496 e. The van der Waals surface area contributed by atoms with Crippen LogP contribution in [0.3, 0.4) is 0 Å². The number of carbonyl (C=O) groups is 1. The molecule has 0 spiro atoms. The van der Waals surface area contributed by atoms with Gasteiger partial charge in [0.15, 0.2) is 6.29 Å². The van der Waals surface area contributed by atoms with Crippen molar-refractivity contribution in [3.63, 3.8) is 0 Å². The zero-order valence-corrected chi connectivity index (χ0v) is 12.9. The highest BCUT2D eigenvalue weighted by Crippen LogP contribution is 2.26. The molecule has 0 aliphatic heterocycles. The minimum atomic E-state index is 0.395. The largest absolute Gasteiger partial charge is 0.496 e. The highest BCUT2D eigenvalue weighted by atomic mass is 79.9. The predicted molar refractivity (Wildman–Crippen MR) is 81.6 cm³/mol. The second-order valence-electron chi connectivity index (χ2n) is 4.42. The van der Waals surface area contributed by atoms with E-state index in [0.29, 0.717) is 17.9 Å². The summed E-state index contributed by atoms with van der Waals surface area (Å²) in [6, 6.07) is 11.3. The van der Waals surface area contributed by atoms with Crippen molar-refractivity contribution in [1.82, 2.24) is 0 Å². The average Bonchev–Trinajstić information content (AvgIpc) is 2.46. The molecule has 2 aromatic carbocycles. The third-order valence-electron chi connectivity index (χ3n) is 2.90. The summed E-state index contributed by atoms with van der Waals surface area (Å²) < 4.78 is 11.8. The first kappa shape index (κ1) is 14.6. The van der Waals surface area contributed by atoms with E-state index in [4.69, 9.17) is 9.47 Å². The first-order valence-electron chi connectivity index (χ1n) is 6.15. The molecule has 0 radical (unpaired) electrons. The fourth-order valence-electron chi connectivity index (χ4n) is 1.85. The number of ether oxygens (including phenoxy) is 2. The zero-order valence-electron chi connectivity index (χ0n) is 11.4. The molecule has 4 heteroatoms. The lowest BCUT2D eigenvalue weighted by molar-refractivity contribution is 0.111. The van der Waals surface area contributed by atoms with Gasteiger partial charge in [0.1, 0.15) is 18.1 Å². The summed E-state index contributed by atoms with van der Waals surface area (Å²) in [4.78, 5) is 11.0. The lowest BCUT2D eigenvalue weighted by Gasteiger charge is -2.10. The Kier molecular flexibility index (Phi) is 4.79. The number of hydrogen-bond acceptors (Lipinski definition) is 3. The minimum absolute atomic E-state index is 0.395. The lowest BCUT2D eigenvalue weighted by atomic mass is 10.1. The van der Waals surface area contributed by atoms with Gasteiger partial charge in [0, 0.05) is 0 Å². The fourth-order valence-corrected chi connectivity index (χ4v) is 2.44. The molecule has 2 aromatic rings. The molecule has 0 saturated carbocycles. The number of aldehydes is 1. The summed E-state index contributed by atoms with van der Waals surface area (Å²) in [7, 11) is 1.62. The second-order valence-corrected chi connectivity index (χ2v) is 5.27. The Balaban J connectivity index is 2.12. The van der Waals surface area contributed by atoms with Gasteiger partial charge in [-0.3, -0.25) is 4.79 Å². The molecule has 0 fully saturated rings. The van der Waals surface area contributed by atoms with Crippen LogP contribution in [-0.4, -0.2) is 13.4 Å². The van der Waals surface area contributed by atoms with Crippen LogP contribution in [0.25, 0.3) is 0 Å². The van der Waals surface area contributed by atoms with Crippen molar-refractivity contribution in [1.29, 1.82) is 0 Å². The smallest absolute Gasteiger partial charge is 0.153 e. The fraction of sp³-hybridized carbons (Fsp3) is 0.188. The van der Waals surface area contributed by atoms with Gasteiger partial charge in [-0.05, 0) is 52.7 Å². The molecule has 104 valence electrons. The van der Waals surface area contributed by atoms with E-state index >= 15 is 0 Å². The van der Waals surface area contributed by atoms with Crippen LogP contribution in [0.15, 0.2) is 40.9 Å². The summed E-state index contributed by atoms with van der Waals surface area (Å²) in [6.07, 6.45) is 0.812. The third-order valence-corrected chi connectivity index (χ3v) is 3.52. The molecule has 20 heavy (non-hydrogen) atoms. The molecule has 0 bridgehead atoms. The van der Waals surface area contributed by atoms with E-state index in [0.717, 1.165) is 27.6 Å². The van der Waals surface area contributed by atoms with Crippen molar-refractivity contribution < 1.29 is 14.3 Å². The van der Waals surface area contributed by atoms with Crippen LogP contribution in [-0.2, 0) is 6.61 Å². The van der Waals surface area contributed by atoms with Crippen LogP contribution < -0.4 is 9.47 Å². The molecule has 0 aliphatic rings. The third kappa shape index (κ3) is 3.39. The average molecular weight is 335 g/mol. The summed E-state index contributed by atoms with van der Waals surface area (Å²) in [5.41, 5.74) is 2.60. The molecule has 0 atom stereocenters. The standard InChI is InChI=1S/C16H15BrO3/c1-11-3-5-15(13(7-11)9-18)20-10-12-4-6-16(19-2)14(17)8-12/h3-9H,10H2,1-2H3. The van der Waals surface area contributed by atoms with E-state index in [1.165, 1.54) is 0 Å². The van der Waals surface area contributed by atoms with Gasteiger partial charge in [-0.1, -0.05) is 17.7 Å². The van der Waals surface area contributed by atoms with Crippen LogP contribution in [0, 0.1) is 6.92 Å². The van der Waals surface area contributed by atoms with E-state index in [-0.39, 0.29) is 0 Å². The van der Waals surface area contributed by atoms with Gasteiger partial charge in [-0.2, -0.15) is 0 Å². The first-order chi connectivity index (χ1) is 9.63. The van der Waals surface area contributed by atoms with Gasteiger partial charge >= 0.3 is 0 Å². The quantitative estimate of drug-likeness (QED) is 0.770. The second kappa shape index (κ2) is 6.57. The van der Waals surface area contributed by atoms with Crippen LogP contribution in [0.4, 0.5) is 0 Å². The maximum Gasteiger partial charge on any atom is 0.153 e. The summed E-state index contributed by atoms with van der Waals surface area (Å²) >= 11 is 3.43. The maximum atomic E-state index is 11.0. The molecule has 0 aromatic heterocycles. The van der Waals surface area contributed by atoms with Gasteiger partial charge in [-0.25, -0.2) is 0 Å². The Morgan fingerprint density at radius 2 is 1.90 bits per heavy atom. The molecular formula is C16H15BrO3. The van der Waals surface area contributed by atoms with Crippen molar-refractivity contribution in [2.24, 2.45) is 0 Å². The molecule has 0 amide bonds. The predicted octanol–water partition coefficient (Wildman–Crippen LogP) is 4.16. The SMILES string of the molecule is COc1ccc(COc2ccc(C)cc2C=O)cc1Br. The van der Waals surface area contributed by atoms with Crippen LogP contribution in [0.1, 0.15) is 21.5 Å². The van der Waals surface area contributed by atoms with Crippen molar-refractivity contribution in [2.75, 3.05) is 7.11 Å². The highest BCUT2D eigenvalue weighted by Gasteiger charge is 2.05. The molecule has 2 rings (SSSR count). The Morgan fingerprint density at radius 1 is 1.15 bits per heavy atom. The molecular weight excluding hydrogens is 320 g/mol. The van der Waals surface area contributed by atoms with E-state index < -0.39 is 0 Å². The zero-order chi connectivity index (χ0) is 14.5. The molecule has 3 nitrogen and oxygen atoms in total. The van der Waals surface area contributed by atoms with Gasteiger partial charge in [0.2, 0.25) is 0 Å². The number of carbonyl (C=O) groups excluding carboxylic acids is 1. The summed E-state index contributed by atoms with van der Waals surface area (Å²) in [5.74, 6) is 1.37. The molecule has 0 N–H and O–H groups in total. The Morgan fingerprint density at radius 3 is 2.55 bits per heavy atom. The van der Waals surface area contributed by atoms with E-state index in [1.807, 2.05) is 43.3 Å². The number of benzene rings is 2. The lowest BCUT2D eigenvalue weighted by Crippen LogP contribution is -1.99. The van der Waals surface area contributed by atoms with Crippen LogP contribution >= 0.6 is 15.9 Å². The number of aryl methyl sites for hydroxylation is 1. The Bertz CT molecular complexity index is 623. The first-order valence-corrected chi connectivity index (χ1v) is 6.94. The number of hydrogen-bond donors (Lipinski definition) is 0. The van der Waals surface area contributed by atoms with Crippen molar-refractivity contribution in [2.45, 2.75) is 13.5 Å². The van der Waals surface area contributed by atoms with E-state index in [1.54, 1.807) is 7.11 Å². The van der Waals surface area contributed by atoms with Gasteiger partial charge < -0.3 is 9.47 Å². The molecule has 0 saturated heterocycles. The molecule has 0 heterocycles. The van der Waals surface area contributed by atoms with E-state index in [2.05, 4.69) is 15.9 Å².